The summed E-state index contributed by atoms with van der Waals surface area (Å²) in [5.74, 6) is -0.917. The number of nitro benzene ring substituents is 1. The van der Waals surface area contributed by atoms with Gasteiger partial charge >= 0.3 is 5.97 Å². The Hall–Kier alpha value is -1.93. The summed E-state index contributed by atoms with van der Waals surface area (Å²) in [6.45, 7) is 3.53. The van der Waals surface area contributed by atoms with Crippen LogP contribution in [0.2, 0.25) is 0 Å². The molecule has 0 aliphatic rings. The average molecular weight is 324 g/mol. The van der Waals surface area contributed by atoms with E-state index in [1.54, 1.807) is 26.0 Å². The fourth-order valence-electron chi connectivity index (χ4n) is 1.70. The molecule has 0 saturated carbocycles. The van der Waals surface area contributed by atoms with Gasteiger partial charge in [-0.15, -0.1) is 11.3 Å². The van der Waals surface area contributed by atoms with Gasteiger partial charge in [-0.2, -0.15) is 0 Å². The summed E-state index contributed by atoms with van der Waals surface area (Å²) in [7, 11) is 0. The second-order valence-electron chi connectivity index (χ2n) is 4.39. The van der Waals surface area contributed by atoms with E-state index in [2.05, 4.69) is 4.98 Å². The SMILES string of the molecule is Cc1ccc(Sc2nc(C)c(CC(=O)O)s2)c([N+](=O)[O-])c1. The molecule has 8 heteroatoms. The van der Waals surface area contributed by atoms with E-state index in [-0.39, 0.29) is 12.1 Å². The molecule has 2 rings (SSSR count). The second-order valence-corrected chi connectivity index (χ2v) is 6.76. The van der Waals surface area contributed by atoms with E-state index < -0.39 is 10.9 Å². The summed E-state index contributed by atoms with van der Waals surface area (Å²) < 4.78 is 0.607. The van der Waals surface area contributed by atoms with Crippen LogP contribution in [0.25, 0.3) is 0 Å². The first-order chi connectivity index (χ1) is 9.86. The molecule has 1 heterocycles. The molecule has 1 aromatic heterocycles. The van der Waals surface area contributed by atoms with Gasteiger partial charge in [0.25, 0.3) is 5.69 Å². The van der Waals surface area contributed by atoms with E-state index in [0.717, 1.165) is 5.56 Å². The number of nitrogens with zero attached hydrogens (tertiary/aromatic N) is 2. The van der Waals surface area contributed by atoms with Crippen molar-refractivity contribution in [3.63, 3.8) is 0 Å². The Labute approximate surface area is 129 Å². The molecule has 0 radical (unpaired) electrons. The fourth-order valence-corrected chi connectivity index (χ4v) is 3.96. The Morgan fingerprint density at radius 3 is 2.81 bits per heavy atom. The van der Waals surface area contributed by atoms with Gasteiger partial charge in [0.15, 0.2) is 4.34 Å². The average Bonchev–Trinajstić information content (AvgIpc) is 2.71. The summed E-state index contributed by atoms with van der Waals surface area (Å²) in [4.78, 5) is 26.9. The van der Waals surface area contributed by atoms with Gasteiger partial charge in [0.05, 0.1) is 21.9 Å². The second kappa shape index (κ2) is 6.23. The van der Waals surface area contributed by atoms with E-state index in [1.165, 1.54) is 29.2 Å². The largest absolute Gasteiger partial charge is 0.481 e. The van der Waals surface area contributed by atoms with Crippen LogP contribution in [0, 0.1) is 24.0 Å². The molecule has 0 spiro atoms. The number of aromatic nitrogens is 1. The lowest BCUT2D eigenvalue weighted by Gasteiger charge is -2.01. The number of aryl methyl sites for hydroxylation is 2. The minimum atomic E-state index is -0.917. The number of carboxylic acid groups (broad SMARTS) is 1. The molecule has 21 heavy (non-hydrogen) atoms. The zero-order chi connectivity index (χ0) is 15.6. The summed E-state index contributed by atoms with van der Waals surface area (Å²) in [5, 5.41) is 19.9. The number of carboxylic acids is 1. The molecular formula is C13H12N2O4S2. The third kappa shape index (κ3) is 3.79. The zero-order valence-corrected chi connectivity index (χ0v) is 13.0. The number of carbonyl (C=O) groups is 1. The zero-order valence-electron chi connectivity index (χ0n) is 11.3. The highest BCUT2D eigenvalue weighted by Crippen LogP contribution is 2.38. The third-order valence-corrected chi connectivity index (χ3v) is 4.98. The van der Waals surface area contributed by atoms with Crippen molar-refractivity contribution in [1.29, 1.82) is 0 Å². The van der Waals surface area contributed by atoms with Crippen LogP contribution in [0.1, 0.15) is 16.1 Å². The Bertz CT molecular complexity index is 712. The van der Waals surface area contributed by atoms with Crippen LogP contribution in [-0.2, 0) is 11.2 Å². The van der Waals surface area contributed by atoms with E-state index in [4.69, 9.17) is 5.11 Å². The lowest BCUT2D eigenvalue weighted by molar-refractivity contribution is -0.387. The maximum atomic E-state index is 11.1. The molecule has 6 nitrogen and oxygen atoms in total. The van der Waals surface area contributed by atoms with Crippen molar-refractivity contribution < 1.29 is 14.8 Å². The maximum absolute atomic E-state index is 11.1. The predicted molar refractivity (Wildman–Crippen MR) is 80.1 cm³/mol. The molecule has 1 aromatic carbocycles. The summed E-state index contributed by atoms with van der Waals surface area (Å²) in [6, 6.07) is 5.00. The number of hydrogen-bond donors (Lipinski definition) is 1. The van der Waals surface area contributed by atoms with E-state index >= 15 is 0 Å². The molecule has 0 amide bonds. The number of nitro groups is 1. The maximum Gasteiger partial charge on any atom is 0.308 e. The van der Waals surface area contributed by atoms with Gasteiger partial charge in [-0.25, -0.2) is 4.98 Å². The molecule has 110 valence electrons. The van der Waals surface area contributed by atoms with Gasteiger partial charge < -0.3 is 5.11 Å². The van der Waals surface area contributed by atoms with Crippen molar-refractivity contribution in [2.75, 3.05) is 0 Å². The fraction of sp³-hybridized carbons (Fsp3) is 0.231. The molecule has 0 aliphatic heterocycles. The third-order valence-electron chi connectivity index (χ3n) is 2.69. The minimum absolute atomic E-state index is 0.0348. The molecule has 0 bridgehead atoms. The van der Waals surface area contributed by atoms with Crippen LogP contribution < -0.4 is 0 Å². The highest BCUT2D eigenvalue weighted by molar-refractivity contribution is 8.01. The van der Waals surface area contributed by atoms with Gasteiger partial charge in [-0.3, -0.25) is 14.9 Å². The van der Waals surface area contributed by atoms with Gasteiger partial charge in [0.1, 0.15) is 0 Å². The number of hydrogen-bond acceptors (Lipinski definition) is 6. The van der Waals surface area contributed by atoms with Gasteiger partial charge in [-0.05, 0) is 25.5 Å². The smallest absolute Gasteiger partial charge is 0.308 e. The highest BCUT2D eigenvalue weighted by atomic mass is 32.2. The minimum Gasteiger partial charge on any atom is -0.481 e. The molecule has 0 saturated heterocycles. The lowest BCUT2D eigenvalue weighted by atomic mass is 10.2. The Kier molecular flexibility index (Phi) is 4.59. The number of rotatable bonds is 5. The normalized spacial score (nSPS) is 10.6. The van der Waals surface area contributed by atoms with Crippen LogP contribution in [-0.4, -0.2) is 21.0 Å². The van der Waals surface area contributed by atoms with Crippen molar-refractivity contribution in [3.8, 4) is 0 Å². The Balaban J connectivity index is 2.30. The van der Waals surface area contributed by atoms with Crippen LogP contribution in [0.5, 0.6) is 0 Å². The first kappa shape index (κ1) is 15.5. The Morgan fingerprint density at radius 2 is 2.19 bits per heavy atom. The van der Waals surface area contributed by atoms with Gasteiger partial charge in [-0.1, -0.05) is 17.8 Å². The van der Waals surface area contributed by atoms with Crippen LogP contribution in [0.15, 0.2) is 27.4 Å². The van der Waals surface area contributed by atoms with Crippen LogP contribution in [0.4, 0.5) is 5.69 Å². The van der Waals surface area contributed by atoms with Crippen molar-refractivity contribution in [2.24, 2.45) is 0 Å². The topological polar surface area (TPSA) is 93.3 Å². The highest BCUT2D eigenvalue weighted by Gasteiger charge is 2.18. The molecule has 0 fully saturated rings. The van der Waals surface area contributed by atoms with E-state index in [1.807, 2.05) is 0 Å². The van der Waals surface area contributed by atoms with Crippen molar-refractivity contribution in [2.45, 2.75) is 29.5 Å². The van der Waals surface area contributed by atoms with Crippen molar-refractivity contribution in [1.82, 2.24) is 4.98 Å². The lowest BCUT2D eigenvalue weighted by Crippen LogP contribution is -1.99. The first-order valence-corrected chi connectivity index (χ1v) is 7.61. The predicted octanol–water partition coefficient (Wildman–Crippen LogP) is 3.45. The monoisotopic (exact) mass is 324 g/mol. The van der Waals surface area contributed by atoms with Gasteiger partial charge in [0.2, 0.25) is 0 Å². The number of aliphatic carboxylic acids is 1. The van der Waals surface area contributed by atoms with E-state index in [9.17, 15) is 14.9 Å². The van der Waals surface area contributed by atoms with E-state index in [0.29, 0.717) is 19.8 Å². The number of thiazole rings is 1. The summed E-state index contributed by atoms with van der Waals surface area (Å²) in [6.07, 6.45) is -0.0833. The first-order valence-electron chi connectivity index (χ1n) is 5.98. The Morgan fingerprint density at radius 1 is 1.48 bits per heavy atom. The molecule has 2 aromatic rings. The van der Waals surface area contributed by atoms with Crippen LogP contribution >= 0.6 is 23.1 Å². The standard InChI is InChI=1S/C13H12N2O4S2/c1-7-3-4-10(9(5-7)15(18)19)20-13-14-8(2)11(21-13)6-12(16)17/h3-5H,6H2,1-2H3,(H,16,17). The van der Waals surface area contributed by atoms with Crippen molar-refractivity contribution >= 4 is 34.8 Å². The van der Waals surface area contributed by atoms with Gasteiger partial charge in [0, 0.05) is 10.9 Å². The van der Waals surface area contributed by atoms with Crippen molar-refractivity contribution in [3.05, 3.63) is 44.4 Å². The molecule has 1 N–H and O–H groups in total. The summed E-state index contributed by atoms with van der Waals surface area (Å²) in [5.41, 5.74) is 1.50. The molecular weight excluding hydrogens is 312 g/mol. The molecule has 0 atom stereocenters. The number of benzene rings is 1. The van der Waals surface area contributed by atoms with Crippen LogP contribution in [0.3, 0.4) is 0 Å². The summed E-state index contributed by atoms with van der Waals surface area (Å²) >= 11 is 2.44. The molecule has 0 unspecified atom stereocenters. The quantitative estimate of drug-likeness (QED) is 0.669. The molecule has 0 aliphatic carbocycles.